The summed E-state index contributed by atoms with van der Waals surface area (Å²) in [7, 11) is 0. The Hall–Kier alpha value is -2.54. The zero-order chi connectivity index (χ0) is 18.7. The van der Waals surface area contributed by atoms with E-state index in [1.807, 2.05) is 19.1 Å². The number of alkyl halides is 3. The zero-order valence-corrected chi connectivity index (χ0v) is 14.4. The molecule has 0 saturated carbocycles. The lowest BCUT2D eigenvalue weighted by atomic mass is 10.0. The molecular weight excluding hydrogens is 343 g/mol. The minimum absolute atomic E-state index is 0.229. The average Bonchev–Trinajstić information content (AvgIpc) is 2.92. The predicted molar refractivity (Wildman–Crippen MR) is 94.9 cm³/mol. The quantitative estimate of drug-likeness (QED) is 0.623. The highest BCUT2D eigenvalue weighted by Gasteiger charge is 2.31. The first-order valence-electron chi connectivity index (χ1n) is 8.41. The molecule has 0 fully saturated rings. The maximum atomic E-state index is 12.5. The summed E-state index contributed by atoms with van der Waals surface area (Å²) in [6.07, 6.45) is -0.579. The van der Waals surface area contributed by atoms with Crippen LogP contribution >= 0.6 is 0 Å². The van der Waals surface area contributed by atoms with Gasteiger partial charge in [-0.15, -0.1) is 13.2 Å². The van der Waals surface area contributed by atoms with Gasteiger partial charge in [0.05, 0.1) is 11.4 Å². The number of ether oxygens (including phenoxy) is 1. The first kappa shape index (κ1) is 18.3. The highest BCUT2D eigenvalue weighted by Crippen LogP contribution is 2.34. The maximum Gasteiger partial charge on any atom is 0.573 e. The third kappa shape index (κ3) is 4.16. The Balaban J connectivity index is 2.07. The highest BCUT2D eigenvalue weighted by atomic mass is 19.4. The number of unbranched alkanes of at least 4 members (excludes halogenated alkanes) is 1. The van der Waals surface area contributed by atoms with Gasteiger partial charge in [-0.1, -0.05) is 6.07 Å². The van der Waals surface area contributed by atoms with Gasteiger partial charge in [0.15, 0.2) is 0 Å². The van der Waals surface area contributed by atoms with Crippen molar-refractivity contribution in [2.75, 3.05) is 6.54 Å². The molecule has 3 rings (SSSR count). The van der Waals surface area contributed by atoms with Crippen molar-refractivity contribution in [2.45, 2.75) is 32.5 Å². The second kappa shape index (κ2) is 7.37. The van der Waals surface area contributed by atoms with Crippen molar-refractivity contribution in [3.8, 4) is 17.1 Å². The van der Waals surface area contributed by atoms with E-state index in [0.29, 0.717) is 18.4 Å². The van der Waals surface area contributed by atoms with Gasteiger partial charge < -0.3 is 15.5 Å². The molecule has 0 spiro atoms. The summed E-state index contributed by atoms with van der Waals surface area (Å²) in [5, 5.41) is 0.709. The second-order valence-electron chi connectivity index (χ2n) is 6.20. The fraction of sp³-hybridized carbons (Fsp3) is 0.316. The van der Waals surface area contributed by atoms with Crippen LogP contribution in [0.4, 0.5) is 13.2 Å². The lowest BCUT2D eigenvalue weighted by molar-refractivity contribution is -0.274. The SMILES string of the molecule is Cc1ccc(-c2[nH]c3ccc(OC(F)(F)F)cc3c2CCCCN)nc1. The smallest absolute Gasteiger partial charge is 0.406 e. The van der Waals surface area contributed by atoms with Gasteiger partial charge in [0.1, 0.15) is 5.75 Å². The topological polar surface area (TPSA) is 63.9 Å². The summed E-state index contributed by atoms with van der Waals surface area (Å²) in [6, 6.07) is 8.19. The van der Waals surface area contributed by atoms with E-state index in [0.717, 1.165) is 40.9 Å². The highest BCUT2D eigenvalue weighted by molar-refractivity contribution is 5.91. The van der Waals surface area contributed by atoms with E-state index in [-0.39, 0.29) is 5.75 Å². The number of aryl methyl sites for hydroxylation is 2. The number of nitrogens with two attached hydrogens (primary N) is 1. The Labute approximate surface area is 149 Å². The molecule has 0 unspecified atom stereocenters. The number of rotatable bonds is 6. The summed E-state index contributed by atoms with van der Waals surface area (Å²) < 4.78 is 41.7. The lowest BCUT2D eigenvalue weighted by Crippen LogP contribution is -2.16. The zero-order valence-electron chi connectivity index (χ0n) is 14.4. The molecule has 2 heterocycles. The van der Waals surface area contributed by atoms with E-state index < -0.39 is 6.36 Å². The van der Waals surface area contributed by atoms with Crippen LogP contribution in [0.5, 0.6) is 5.75 Å². The molecule has 0 bridgehead atoms. The Bertz CT molecular complexity index is 885. The Morgan fingerprint density at radius 1 is 1.15 bits per heavy atom. The van der Waals surface area contributed by atoms with Crippen molar-refractivity contribution in [1.82, 2.24) is 9.97 Å². The van der Waals surface area contributed by atoms with E-state index in [4.69, 9.17) is 5.73 Å². The largest absolute Gasteiger partial charge is 0.573 e. The number of aromatic amines is 1. The Morgan fingerprint density at radius 3 is 2.62 bits per heavy atom. The van der Waals surface area contributed by atoms with Crippen molar-refractivity contribution in [2.24, 2.45) is 5.73 Å². The first-order chi connectivity index (χ1) is 12.4. The molecule has 0 saturated heterocycles. The van der Waals surface area contributed by atoms with Crippen molar-refractivity contribution in [1.29, 1.82) is 0 Å². The monoisotopic (exact) mass is 363 g/mol. The number of nitrogens with one attached hydrogen (secondary N) is 1. The molecule has 0 aliphatic carbocycles. The predicted octanol–water partition coefficient (Wildman–Crippen LogP) is 4.72. The van der Waals surface area contributed by atoms with Gasteiger partial charge in [-0.25, -0.2) is 0 Å². The summed E-state index contributed by atoms with van der Waals surface area (Å²) >= 11 is 0. The van der Waals surface area contributed by atoms with Crippen LogP contribution in [-0.2, 0) is 6.42 Å². The fourth-order valence-electron chi connectivity index (χ4n) is 2.96. The molecule has 26 heavy (non-hydrogen) atoms. The minimum Gasteiger partial charge on any atom is -0.406 e. The van der Waals surface area contributed by atoms with E-state index in [1.165, 1.54) is 12.1 Å². The molecule has 0 radical (unpaired) electrons. The number of fused-ring (bicyclic) bond motifs is 1. The second-order valence-corrected chi connectivity index (χ2v) is 6.20. The molecule has 0 amide bonds. The number of aromatic nitrogens is 2. The number of hydrogen-bond acceptors (Lipinski definition) is 3. The molecular formula is C19H20F3N3O. The normalized spacial score (nSPS) is 11.9. The summed E-state index contributed by atoms with van der Waals surface area (Å²) in [4.78, 5) is 7.73. The molecule has 0 atom stereocenters. The molecule has 0 aliphatic rings. The van der Waals surface area contributed by atoms with Crippen LogP contribution < -0.4 is 10.5 Å². The number of nitrogens with zero attached hydrogens (tertiary/aromatic N) is 1. The van der Waals surface area contributed by atoms with Crippen LogP contribution in [0, 0.1) is 6.92 Å². The average molecular weight is 363 g/mol. The van der Waals surface area contributed by atoms with Crippen LogP contribution in [0.2, 0.25) is 0 Å². The Morgan fingerprint density at radius 2 is 1.96 bits per heavy atom. The summed E-state index contributed by atoms with van der Waals surface area (Å²) in [6.45, 7) is 2.52. The third-order valence-electron chi connectivity index (χ3n) is 4.16. The summed E-state index contributed by atoms with van der Waals surface area (Å²) in [5.74, 6) is -0.229. The molecule has 0 aliphatic heterocycles. The van der Waals surface area contributed by atoms with E-state index in [1.54, 1.807) is 12.3 Å². The fourth-order valence-corrected chi connectivity index (χ4v) is 2.96. The van der Waals surface area contributed by atoms with Crippen molar-refractivity contribution < 1.29 is 17.9 Å². The van der Waals surface area contributed by atoms with Crippen LogP contribution in [0.3, 0.4) is 0 Å². The maximum absolute atomic E-state index is 12.5. The van der Waals surface area contributed by atoms with Gasteiger partial charge >= 0.3 is 6.36 Å². The third-order valence-corrected chi connectivity index (χ3v) is 4.16. The van der Waals surface area contributed by atoms with E-state index in [9.17, 15) is 13.2 Å². The molecule has 3 aromatic rings. The van der Waals surface area contributed by atoms with Gasteiger partial charge in [0.2, 0.25) is 0 Å². The van der Waals surface area contributed by atoms with E-state index >= 15 is 0 Å². The standard InChI is InChI=1S/C19H20F3N3O/c1-12-5-7-17(24-11-12)18-14(4-2-3-9-23)15-10-13(26-19(20,21)22)6-8-16(15)25-18/h5-8,10-11,25H,2-4,9,23H2,1H3. The van der Waals surface area contributed by atoms with Gasteiger partial charge in [-0.2, -0.15) is 0 Å². The van der Waals surface area contributed by atoms with Gasteiger partial charge in [-0.3, -0.25) is 4.98 Å². The van der Waals surface area contributed by atoms with Crippen molar-refractivity contribution >= 4 is 10.9 Å². The number of pyridine rings is 1. The van der Waals surface area contributed by atoms with Crippen LogP contribution in [-0.4, -0.2) is 22.9 Å². The molecule has 3 N–H and O–H groups in total. The lowest BCUT2D eigenvalue weighted by Gasteiger charge is -2.09. The Kier molecular flexibility index (Phi) is 5.18. The van der Waals surface area contributed by atoms with Crippen LogP contribution in [0.25, 0.3) is 22.3 Å². The number of hydrogen-bond donors (Lipinski definition) is 2. The minimum atomic E-state index is -4.72. The molecule has 4 nitrogen and oxygen atoms in total. The van der Waals surface area contributed by atoms with E-state index in [2.05, 4.69) is 14.7 Å². The van der Waals surface area contributed by atoms with Crippen LogP contribution in [0.1, 0.15) is 24.0 Å². The van der Waals surface area contributed by atoms with Crippen LogP contribution in [0.15, 0.2) is 36.5 Å². The van der Waals surface area contributed by atoms with Gasteiger partial charge in [0.25, 0.3) is 0 Å². The van der Waals surface area contributed by atoms with Crippen molar-refractivity contribution in [3.05, 3.63) is 47.7 Å². The molecule has 1 aromatic carbocycles. The number of benzene rings is 1. The van der Waals surface area contributed by atoms with Crippen molar-refractivity contribution in [3.63, 3.8) is 0 Å². The molecule has 138 valence electrons. The molecule has 7 heteroatoms. The first-order valence-corrected chi connectivity index (χ1v) is 8.41. The number of H-pyrrole nitrogens is 1. The summed E-state index contributed by atoms with van der Waals surface area (Å²) in [5.41, 5.74) is 9.87. The van der Waals surface area contributed by atoms with Gasteiger partial charge in [0, 0.05) is 17.1 Å². The molecule has 2 aromatic heterocycles. The van der Waals surface area contributed by atoms with Gasteiger partial charge in [-0.05, 0) is 68.1 Å². The number of halogens is 3.